The first-order valence-electron chi connectivity index (χ1n) is 15.3. The predicted molar refractivity (Wildman–Crippen MR) is 181 cm³/mol. The number of fused-ring (bicyclic) bond motifs is 2. The fourth-order valence-corrected chi connectivity index (χ4v) is 5.16. The normalized spacial score (nSPS) is 11.6. The van der Waals surface area contributed by atoms with Crippen molar-refractivity contribution in [3.63, 3.8) is 0 Å². The molecule has 5 aromatic rings. The third-order valence-electron chi connectivity index (χ3n) is 6.90. The van der Waals surface area contributed by atoms with Gasteiger partial charge in [-0.2, -0.15) is 0 Å². The van der Waals surface area contributed by atoms with E-state index in [0.717, 1.165) is 16.3 Å². The summed E-state index contributed by atoms with van der Waals surface area (Å²) in [5.74, 6) is -0.149. The van der Waals surface area contributed by atoms with Gasteiger partial charge in [0.25, 0.3) is 0 Å². The highest BCUT2D eigenvalue weighted by molar-refractivity contribution is 6.07. The monoisotopic (exact) mass is 634 g/mol. The lowest BCUT2D eigenvalue weighted by molar-refractivity contribution is -0.158. The van der Waals surface area contributed by atoms with Gasteiger partial charge in [0.1, 0.15) is 28.5 Å². The lowest BCUT2D eigenvalue weighted by atomic mass is 9.94. The van der Waals surface area contributed by atoms with E-state index >= 15 is 0 Å². The SMILES string of the molecule is CC(C)(C)OC(=O)COc1ccc(OC(=O)c2ccccc2-c2ccc(OCC(=O)OC(C)(C)C)c3ccccc23)c2ccccc12. The Kier molecular flexibility index (Phi) is 9.51. The first-order chi connectivity index (χ1) is 22.3. The number of ether oxygens (including phenoxy) is 5. The van der Waals surface area contributed by atoms with Crippen LogP contribution in [0.1, 0.15) is 51.9 Å². The van der Waals surface area contributed by atoms with Crippen LogP contribution in [-0.4, -0.2) is 42.3 Å². The average Bonchev–Trinajstić information content (AvgIpc) is 3.01. The molecule has 8 heteroatoms. The van der Waals surface area contributed by atoms with Crippen molar-refractivity contribution in [1.82, 2.24) is 0 Å². The third kappa shape index (κ3) is 8.27. The van der Waals surface area contributed by atoms with Gasteiger partial charge in [-0.25, -0.2) is 14.4 Å². The van der Waals surface area contributed by atoms with Crippen molar-refractivity contribution in [1.29, 1.82) is 0 Å². The molecule has 0 N–H and O–H groups in total. The van der Waals surface area contributed by atoms with Crippen molar-refractivity contribution >= 4 is 39.5 Å². The molecule has 0 radical (unpaired) electrons. The van der Waals surface area contributed by atoms with Crippen LogP contribution in [0.4, 0.5) is 0 Å². The number of benzene rings is 5. The van der Waals surface area contributed by atoms with Crippen LogP contribution in [0, 0.1) is 0 Å². The summed E-state index contributed by atoms with van der Waals surface area (Å²) in [6, 6.07) is 29.2. The Bertz CT molecular complexity index is 1950. The Morgan fingerprint density at radius 3 is 1.47 bits per heavy atom. The van der Waals surface area contributed by atoms with E-state index in [-0.39, 0.29) is 13.2 Å². The number of carbonyl (C=O) groups excluding carboxylic acids is 3. The van der Waals surface area contributed by atoms with Crippen LogP contribution < -0.4 is 14.2 Å². The molecule has 0 heterocycles. The summed E-state index contributed by atoms with van der Waals surface area (Å²) < 4.78 is 28.4. The van der Waals surface area contributed by atoms with Crippen molar-refractivity contribution in [2.75, 3.05) is 13.2 Å². The maximum atomic E-state index is 13.8. The fourth-order valence-electron chi connectivity index (χ4n) is 5.16. The minimum Gasteiger partial charge on any atom is -0.481 e. The zero-order valence-electron chi connectivity index (χ0n) is 27.4. The van der Waals surface area contributed by atoms with Gasteiger partial charge in [0.05, 0.1) is 5.56 Å². The first-order valence-corrected chi connectivity index (χ1v) is 15.3. The number of esters is 3. The van der Waals surface area contributed by atoms with E-state index < -0.39 is 29.1 Å². The van der Waals surface area contributed by atoms with Crippen LogP contribution in [0.25, 0.3) is 32.7 Å². The molecule has 0 amide bonds. The second-order valence-corrected chi connectivity index (χ2v) is 12.9. The number of hydrogen-bond acceptors (Lipinski definition) is 8. The summed E-state index contributed by atoms with van der Waals surface area (Å²) in [6.45, 7) is 10.3. The molecule has 0 unspecified atom stereocenters. The van der Waals surface area contributed by atoms with Crippen molar-refractivity contribution < 1.29 is 38.1 Å². The smallest absolute Gasteiger partial charge is 0.344 e. The number of carbonyl (C=O) groups is 3. The molecule has 0 aliphatic rings. The Morgan fingerprint density at radius 2 is 0.915 bits per heavy atom. The highest BCUT2D eigenvalue weighted by Crippen LogP contribution is 2.38. The molecule has 0 fully saturated rings. The second-order valence-electron chi connectivity index (χ2n) is 12.9. The number of hydrogen-bond donors (Lipinski definition) is 0. The molecule has 0 atom stereocenters. The van der Waals surface area contributed by atoms with Gasteiger partial charge >= 0.3 is 17.9 Å². The molecule has 0 aromatic heterocycles. The summed E-state index contributed by atoms with van der Waals surface area (Å²) in [5, 5.41) is 2.95. The summed E-state index contributed by atoms with van der Waals surface area (Å²) in [4.78, 5) is 38.3. The van der Waals surface area contributed by atoms with Crippen LogP contribution in [0.3, 0.4) is 0 Å². The van der Waals surface area contributed by atoms with E-state index in [1.54, 1.807) is 71.9 Å². The van der Waals surface area contributed by atoms with E-state index in [4.69, 9.17) is 23.7 Å². The molecule has 0 aliphatic heterocycles. The average molecular weight is 635 g/mol. The molecular weight excluding hydrogens is 596 g/mol. The molecule has 242 valence electrons. The molecule has 0 aliphatic carbocycles. The number of rotatable bonds is 9. The van der Waals surface area contributed by atoms with Crippen LogP contribution >= 0.6 is 0 Å². The van der Waals surface area contributed by atoms with E-state index in [0.29, 0.717) is 39.1 Å². The van der Waals surface area contributed by atoms with Crippen LogP contribution in [0.2, 0.25) is 0 Å². The van der Waals surface area contributed by atoms with E-state index in [9.17, 15) is 14.4 Å². The summed E-state index contributed by atoms with van der Waals surface area (Å²) in [6.07, 6.45) is 0. The Hall–Kier alpha value is -5.37. The highest BCUT2D eigenvalue weighted by atomic mass is 16.6. The zero-order valence-corrected chi connectivity index (χ0v) is 27.4. The maximum Gasteiger partial charge on any atom is 0.344 e. The molecule has 0 spiro atoms. The maximum absolute atomic E-state index is 13.8. The highest BCUT2D eigenvalue weighted by Gasteiger charge is 2.21. The van der Waals surface area contributed by atoms with Gasteiger partial charge in [-0.05, 0) is 82.3 Å². The zero-order chi connectivity index (χ0) is 33.8. The lowest BCUT2D eigenvalue weighted by Crippen LogP contribution is -2.27. The van der Waals surface area contributed by atoms with E-state index in [1.165, 1.54) is 0 Å². The van der Waals surface area contributed by atoms with Crippen molar-refractivity contribution in [2.24, 2.45) is 0 Å². The molecule has 0 bridgehead atoms. The van der Waals surface area contributed by atoms with Crippen LogP contribution in [-0.2, 0) is 19.1 Å². The summed E-state index contributed by atoms with van der Waals surface area (Å²) in [5.41, 5.74) is 0.604. The van der Waals surface area contributed by atoms with Crippen LogP contribution in [0.15, 0.2) is 97.1 Å². The third-order valence-corrected chi connectivity index (χ3v) is 6.90. The van der Waals surface area contributed by atoms with E-state index in [2.05, 4.69) is 0 Å². The van der Waals surface area contributed by atoms with Gasteiger partial charge in [0, 0.05) is 16.2 Å². The van der Waals surface area contributed by atoms with E-state index in [1.807, 2.05) is 66.7 Å². The molecule has 8 nitrogen and oxygen atoms in total. The second kappa shape index (κ2) is 13.5. The molecule has 5 aromatic carbocycles. The van der Waals surface area contributed by atoms with Crippen LogP contribution in [0.5, 0.6) is 17.2 Å². The fraction of sp³-hybridized carbons (Fsp3) is 0.256. The Morgan fingerprint density at radius 1 is 0.489 bits per heavy atom. The lowest BCUT2D eigenvalue weighted by Gasteiger charge is -2.20. The van der Waals surface area contributed by atoms with Gasteiger partial charge in [0.15, 0.2) is 13.2 Å². The quantitative estimate of drug-likeness (QED) is 0.118. The van der Waals surface area contributed by atoms with Gasteiger partial charge < -0.3 is 23.7 Å². The standard InChI is InChI=1S/C39H38O8/c1-38(2,3)46-35(40)23-43-32-20-19-27(25-13-7-9-15-28(25)32)26-14-8-12-18-31(26)37(42)45-34-22-21-33(29-16-10-11-17-30(29)34)44-24-36(41)47-39(4,5)6/h7-22H,23-24H2,1-6H3. The molecule has 47 heavy (non-hydrogen) atoms. The topological polar surface area (TPSA) is 97.4 Å². The summed E-state index contributed by atoms with van der Waals surface area (Å²) >= 11 is 0. The predicted octanol–water partition coefficient (Wildman–Crippen LogP) is 8.32. The molecule has 0 saturated heterocycles. The molecule has 5 rings (SSSR count). The molecular formula is C39H38O8. The van der Waals surface area contributed by atoms with Crippen molar-refractivity contribution in [2.45, 2.75) is 52.7 Å². The summed E-state index contributed by atoms with van der Waals surface area (Å²) in [7, 11) is 0. The van der Waals surface area contributed by atoms with Gasteiger partial charge in [0.2, 0.25) is 0 Å². The van der Waals surface area contributed by atoms with Gasteiger partial charge in [-0.1, -0.05) is 72.8 Å². The molecule has 0 saturated carbocycles. The minimum absolute atomic E-state index is 0.234. The largest absolute Gasteiger partial charge is 0.481 e. The minimum atomic E-state index is -0.624. The van der Waals surface area contributed by atoms with Crippen molar-refractivity contribution in [3.05, 3.63) is 103 Å². The Balaban J connectivity index is 1.41. The van der Waals surface area contributed by atoms with Crippen molar-refractivity contribution in [3.8, 4) is 28.4 Å². The van der Waals surface area contributed by atoms with Gasteiger partial charge in [-0.3, -0.25) is 0 Å². The Labute approximate surface area is 274 Å². The first kappa shape index (κ1) is 33.0. The van der Waals surface area contributed by atoms with Gasteiger partial charge in [-0.15, -0.1) is 0 Å².